The molecule has 108 valence electrons. The summed E-state index contributed by atoms with van der Waals surface area (Å²) in [7, 11) is 0. The van der Waals surface area contributed by atoms with Crippen LogP contribution in [0.15, 0.2) is 64.4 Å². The molecular formula is C17H17NO2S. The minimum absolute atomic E-state index is 0.263. The highest BCUT2D eigenvalue weighted by molar-refractivity contribution is 7.99. The van der Waals surface area contributed by atoms with E-state index in [2.05, 4.69) is 29.6 Å². The minimum atomic E-state index is -0.759. The first-order valence-corrected chi connectivity index (χ1v) is 7.83. The quantitative estimate of drug-likeness (QED) is 0.909. The van der Waals surface area contributed by atoms with Crippen molar-refractivity contribution in [1.29, 1.82) is 0 Å². The molecule has 1 aliphatic rings. The summed E-state index contributed by atoms with van der Waals surface area (Å²) in [6.07, 6.45) is 0.654. The van der Waals surface area contributed by atoms with Crippen LogP contribution in [0.3, 0.4) is 0 Å². The number of carboxylic acids is 1. The molecule has 4 heteroatoms. The molecule has 0 saturated carbocycles. The van der Waals surface area contributed by atoms with Gasteiger partial charge in [-0.05, 0) is 36.1 Å². The van der Waals surface area contributed by atoms with Gasteiger partial charge in [-0.15, -0.1) is 0 Å². The van der Waals surface area contributed by atoms with Gasteiger partial charge in [0, 0.05) is 16.3 Å². The summed E-state index contributed by atoms with van der Waals surface area (Å²) in [5.41, 5.74) is 1.24. The van der Waals surface area contributed by atoms with Crippen molar-refractivity contribution >= 4 is 17.7 Å². The van der Waals surface area contributed by atoms with Crippen molar-refractivity contribution in [3.63, 3.8) is 0 Å². The van der Waals surface area contributed by atoms with Gasteiger partial charge in [0.1, 0.15) is 6.04 Å². The molecular weight excluding hydrogens is 282 g/mol. The van der Waals surface area contributed by atoms with Crippen molar-refractivity contribution in [3.05, 3.63) is 60.2 Å². The SMILES string of the molecule is O=C(O)[C@@H]1C[C@H](c2ccccc2Sc2ccccc2)CN1. The van der Waals surface area contributed by atoms with Crippen LogP contribution >= 0.6 is 11.8 Å². The predicted molar refractivity (Wildman–Crippen MR) is 83.8 cm³/mol. The lowest BCUT2D eigenvalue weighted by Crippen LogP contribution is -2.29. The normalized spacial score (nSPS) is 21.3. The van der Waals surface area contributed by atoms with Crippen LogP contribution in [0.1, 0.15) is 17.9 Å². The van der Waals surface area contributed by atoms with Crippen molar-refractivity contribution < 1.29 is 9.90 Å². The van der Waals surface area contributed by atoms with E-state index in [1.165, 1.54) is 15.4 Å². The monoisotopic (exact) mass is 299 g/mol. The summed E-state index contributed by atoms with van der Waals surface area (Å²) in [5.74, 6) is -0.496. The Morgan fingerprint density at radius 2 is 1.81 bits per heavy atom. The Kier molecular flexibility index (Phi) is 4.27. The summed E-state index contributed by atoms with van der Waals surface area (Å²) >= 11 is 1.74. The molecule has 0 unspecified atom stereocenters. The average molecular weight is 299 g/mol. The Morgan fingerprint density at radius 1 is 1.10 bits per heavy atom. The molecule has 21 heavy (non-hydrogen) atoms. The topological polar surface area (TPSA) is 49.3 Å². The van der Waals surface area contributed by atoms with Crippen molar-refractivity contribution in [3.8, 4) is 0 Å². The molecule has 2 N–H and O–H groups in total. The van der Waals surface area contributed by atoms with Crippen LogP contribution in [0.2, 0.25) is 0 Å². The minimum Gasteiger partial charge on any atom is -0.480 e. The van der Waals surface area contributed by atoms with Gasteiger partial charge in [-0.1, -0.05) is 48.2 Å². The van der Waals surface area contributed by atoms with E-state index in [-0.39, 0.29) is 5.92 Å². The highest BCUT2D eigenvalue weighted by Gasteiger charge is 2.31. The number of hydrogen-bond donors (Lipinski definition) is 2. The standard InChI is InChI=1S/C17H17NO2S/c19-17(20)15-10-12(11-18-15)14-8-4-5-9-16(14)21-13-6-2-1-3-7-13/h1-9,12,15,18H,10-11H2,(H,19,20)/t12-,15-/m0/s1. The summed E-state index contributed by atoms with van der Waals surface area (Å²) in [6.45, 7) is 0.726. The lowest BCUT2D eigenvalue weighted by Gasteiger charge is -2.14. The zero-order chi connectivity index (χ0) is 14.7. The van der Waals surface area contributed by atoms with Gasteiger partial charge < -0.3 is 10.4 Å². The maximum Gasteiger partial charge on any atom is 0.320 e. The molecule has 1 aliphatic heterocycles. The lowest BCUT2D eigenvalue weighted by molar-refractivity contribution is -0.139. The highest BCUT2D eigenvalue weighted by Crippen LogP contribution is 2.36. The molecule has 1 fully saturated rings. The van der Waals surface area contributed by atoms with Gasteiger partial charge in [0.15, 0.2) is 0 Å². The Balaban J connectivity index is 1.82. The molecule has 0 aromatic heterocycles. The number of nitrogens with one attached hydrogen (secondary N) is 1. The zero-order valence-corrected chi connectivity index (χ0v) is 12.3. The predicted octanol–water partition coefficient (Wildman–Crippen LogP) is 3.37. The smallest absolute Gasteiger partial charge is 0.320 e. The number of carboxylic acid groups (broad SMARTS) is 1. The van der Waals surface area contributed by atoms with Gasteiger partial charge in [-0.2, -0.15) is 0 Å². The number of carbonyl (C=O) groups is 1. The molecule has 2 atom stereocenters. The summed E-state index contributed by atoms with van der Waals surface area (Å²) in [6, 6.07) is 18.1. The molecule has 3 nitrogen and oxygen atoms in total. The average Bonchev–Trinajstić information content (AvgIpc) is 2.99. The third-order valence-corrected chi connectivity index (χ3v) is 4.86. The van der Waals surface area contributed by atoms with Crippen molar-refractivity contribution in [2.45, 2.75) is 28.2 Å². The van der Waals surface area contributed by atoms with Crippen LogP contribution in [0.25, 0.3) is 0 Å². The Labute approximate surface area is 128 Å². The largest absolute Gasteiger partial charge is 0.480 e. The van der Waals surface area contributed by atoms with Crippen LogP contribution in [-0.4, -0.2) is 23.7 Å². The summed E-state index contributed by atoms with van der Waals surface area (Å²) < 4.78 is 0. The van der Waals surface area contributed by atoms with Gasteiger partial charge in [0.25, 0.3) is 0 Å². The van der Waals surface area contributed by atoms with E-state index in [1.54, 1.807) is 11.8 Å². The molecule has 0 radical (unpaired) electrons. The fourth-order valence-corrected chi connectivity index (χ4v) is 3.73. The third-order valence-electron chi connectivity index (χ3n) is 3.76. The van der Waals surface area contributed by atoms with Crippen LogP contribution in [0.5, 0.6) is 0 Å². The maximum absolute atomic E-state index is 11.1. The molecule has 2 aromatic carbocycles. The van der Waals surface area contributed by atoms with E-state index < -0.39 is 12.0 Å². The Bertz CT molecular complexity index is 630. The van der Waals surface area contributed by atoms with E-state index in [9.17, 15) is 4.79 Å². The van der Waals surface area contributed by atoms with Gasteiger partial charge in [0.2, 0.25) is 0 Å². The maximum atomic E-state index is 11.1. The van der Waals surface area contributed by atoms with Gasteiger partial charge >= 0.3 is 5.97 Å². The second kappa shape index (κ2) is 6.33. The van der Waals surface area contributed by atoms with E-state index in [0.29, 0.717) is 6.42 Å². The Morgan fingerprint density at radius 3 is 2.52 bits per heavy atom. The number of rotatable bonds is 4. The van der Waals surface area contributed by atoms with E-state index >= 15 is 0 Å². The number of aliphatic carboxylic acids is 1. The lowest BCUT2D eigenvalue weighted by atomic mass is 9.96. The van der Waals surface area contributed by atoms with Gasteiger partial charge in [0.05, 0.1) is 0 Å². The van der Waals surface area contributed by atoms with E-state index in [4.69, 9.17) is 5.11 Å². The molecule has 3 rings (SSSR count). The van der Waals surface area contributed by atoms with Crippen molar-refractivity contribution in [2.75, 3.05) is 6.54 Å². The van der Waals surface area contributed by atoms with E-state index in [1.807, 2.05) is 30.3 Å². The first-order valence-electron chi connectivity index (χ1n) is 7.02. The van der Waals surface area contributed by atoms with Crippen LogP contribution in [0.4, 0.5) is 0 Å². The molecule has 1 heterocycles. The van der Waals surface area contributed by atoms with Crippen LogP contribution in [-0.2, 0) is 4.79 Å². The van der Waals surface area contributed by atoms with Gasteiger partial charge in [-0.25, -0.2) is 0 Å². The summed E-state index contributed by atoms with van der Waals surface area (Å²) in [4.78, 5) is 13.5. The van der Waals surface area contributed by atoms with Crippen molar-refractivity contribution in [1.82, 2.24) is 5.32 Å². The first kappa shape index (κ1) is 14.2. The molecule has 0 amide bonds. The fraction of sp³-hybridized carbons (Fsp3) is 0.235. The fourth-order valence-electron chi connectivity index (χ4n) is 2.69. The van der Waals surface area contributed by atoms with Crippen LogP contribution in [0, 0.1) is 0 Å². The van der Waals surface area contributed by atoms with Crippen molar-refractivity contribution in [2.24, 2.45) is 0 Å². The second-order valence-corrected chi connectivity index (χ2v) is 6.30. The molecule has 2 aromatic rings. The number of hydrogen-bond acceptors (Lipinski definition) is 3. The number of benzene rings is 2. The Hall–Kier alpha value is -1.78. The van der Waals surface area contributed by atoms with Crippen LogP contribution < -0.4 is 5.32 Å². The van der Waals surface area contributed by atoms with E-state index in [0.717, 1.165) is 6.54 Å². The highest BCUT2D eigenvalue weighted by atomic mass is 32.2. The third kappa shape index (κ3) is 3.28. The van der Waals surface area contributed by atoms with Gasteiger partial charge in [-0.3, -0.25) is 4.79 Å². The molecule has 0 aliphatic carbocycles. The molecule has 0 bridgehead atoms. The summed E-state index contributed by atoms with van der Waals surface area (Å²) in [5, 5.41) is 12.2. The molecule has 1 saturated heterocycles. The second-order valence-electron chi connectivity index (χ2n) is 5.18. The first-order chi connectivity index (χ1) is 10.2. The zero-order valence-electron chi connectivity index (χ0n) is 11.5. The molecule has 0 spiro atoms.